The van der Waals surface area contributed by atoms with E-state index in [1.807, 2.05) is 24.3 Å². The molecule has 0 aromatic heterocycles. The zero-order valence-electron chi connectivity index (χ0n) is 8.13. The second kappa shape index (κ2) is 4.09. The van der Waals surface area contributed by atoms with Gasteiger partial charge in [0, 0.05) is 5.92 Å². The first kappa shape index (κ1) is 9.65. The summed E-state index contributed by atoms with van der Waals surface area (Å²) < 4.78 is 0. The molecule has 3 nitrogen and oxygen atoms in total. The molecule has 1 aliphatic carbocycles. The van der Waals surface area contributed by atoms with Crippen LogP contribution in [0.25, 0.3) is 0 Å². The molecule has 2 rings (SSSR count). The Kier molecular flexibility index (Phi) is 2.63. The Labute approximate surface area is 87.7 Å². The van der Waals surface area contributed by atoms with Crippen LogP contribution in [0.3, 0.4) is 0 Å². The highest BCUT2D eigenvalue weighted by molar-refractivity contribution is 5.35. The van der Waals surface area contributed by atoms with Crippen LogP contribution in [0.5, 0.6) is 5.75 Å². The van der Waals surface area contributed by atoms with Gasteiger partial charge >= 0.3 is 0 Å². The van der Waals surface area contributed by atoms with E-state index in [2.05, 4.69) is 5.18 Å². The molecule has 0 radical (unpaired) electrons. The Bertz CT molecular complexity index is 418. The third-order valence-electron chi connectivity index (χ3n) is 2.51. The van der Waals surface area contributed by atoms with E-state index in [4.69, 9.17) is 5.11 Å². The van der Waals surface area contributed by atoms with Crippen molar-refractivity contribution in [3.05, 3.63) is 58.7 Å². The molecular weight excluding hydrogens is 190 g/mol. The van der Waals surface area contributed by atoms with Crippen molar-refractivity contribution in [1.29, 1.82) is 0 Å². The maximum Gasteiger partial charge on any atom is 0.115 e. The number of phenols is 1. The molecule has 15 heavy (non-hydrogen) atoms. The molecular formula is C12H11NO2. The van der Waals surface area contributed by atoms with Gasteiger partial charge in [0.25, 0.3) is 0 Å². The lowest BCUT2D eigenvalue weighted by atomic mass is 9.92. The van der Waals surface area contributed by atoms with E-state index in [-0.39, 0.29) is 11.7 Å². The lowest BCUT2D eigenvalue weighted by Gasteiger charge is -2.14. The summed E-state index contributed by atoms with van der Waals surface area (Å²) in [6.45, 7) is 0. The van der Waals surface area contributed by atoms with Gasteiger partial charge < -0.3 is 5.11 Å². The highest BCUT2D eigenvalue weighted by Gasteiger charge is 2.10. The Balaban J connectivity index is 2.15. The molecule has 1 aromatic rings. The number of nitrogens with zero attached hydrogens (tertiary/aromatic N) is 1. The maximum atomic E-state index is 10.2. The number of benzene rings is 1. The summed E-state index contributed by atoms with van der Waals surface area (Å²) in [5.74, 6) is 0.542. The Hall–Kier alpha value is -1.90. The van der Waals surface area contributed by atoms with Gasteiger partial charge in [0.1, 0.15) is 11.4 Å². The summed E-state index contributed by atoms with van der Waals surface area (Å²) >= 11 is 0. The van der Waals surface area contributed by atoms with E-state index in [1.54, 1.807) is 18.2 Å². The molecule has 0 heterocycles. The van der Waals surface area contributed by atoms with E-state index in [0.29, 0.717) is 5.70 Å². The Morgan fingerprint density at radius 2 is 2.00 bits per heavy atom. The largest absolute Gasteiger partial charge is 0.508 e. The number of hydrogen-bond acceptors (Lipinski definition) is 3. The summed E-state index contributed by atoms with van der Waals surface area (Å²) in [7, 11) is 0. The van der Waals surface area contributed by atoms with Gasteiger partial charge in [0.05, 0.1) is 0 Å². The van der Waals surface area contributed by atoms with Gasteiger partial charge in [-0.05, 0) is 35.4 Å². The van der Waals surface area contributed by atoms with Crippen LogP contribution in [-0.2, 0) is 0 Å². The van der Waals surface area contributed by atoms with Crippen molar-refractivity contribution < 1.29 is 5.11 Å². The minimum Gasteiger partial charge on any atom is -0.508 e. The highest BCUT2D eigenvalue weighted by atomic mass is 16.3. The highest BCUT2D eigenvalue weighted by Crippen LogP contribution is 2.27. The first-order valence-electron chi connectivity index (χ1n) is 4.80. The molecule has 1 unspecified atom stereocenters. The van der Waals surface area contributed by atoms with Crippen molar-refractivity contribution in [2.75, 3.05) is 0 Å². The Morgan fingerprint density at radius 1 is 1.27 bits per heavy atom. The fourth-order valence-corrected chi connectivity index (χ4v) is 1.65. The van der Waals surface area contributed by atoms with Crippen molar-refractivity contribution in [3.8, 4) is 5.75 Å². The van der Waals surface area contributed by atoms with Crippen LogP contribution in [-0.4, -0.2) is 5.11 Å². The number of nitroso groups, excluding NO2 is 1. The molecule has 1 aromatic carbocycles. The molecule has 1 atom stereocenters. The summed E-state index contributed by atoms with van der Waals surface area (Å²) in [5, 5.41) is 12.0. The maximum absolute atomic E-state index is 10.2. The van der Waals surface area contributed by atoms with E-state index in [1.165, 1.54) is 0 Å². The van der Waals surface area contributed by atoms with Gasteiger partial charge in [-0.25, -0.2) is 0 Å². The molecule has 0 aliphatic heterocycles. The average Bonchev–Trinajstić information content (AvgIpc) is 2.30. The fourth-order valence-electron chi connectivity index (χ4n) is 1.65. The first-order valence-corrected chi connectivity index (χ1v) is 4.80. The van der Waals surface area contributed by atoms with Crippen LogP contribution in [0.15, 0.2) is 53.4 Å². The lowest BCUT2D eigenvalue weighted by Crippen LogP contribution is -1.97. The second-order valence-corrected chi connectivity index (χ2v) is 3.51. The molecule has 0 fully saturated rings. The normalized spacial score (nSPS) is 19.7. The first-order chi connectivity index (χ1) is 7.29. The SMILES string of the molecule is O=NC1=CCC(c2ccc(O)cc2)C=C1. The molecule has 76 valence electrons. The van der Waals surface area contributed by atoms with Crippen molar-refractivity contribution >= 4 is 0 Å². The molecule has 0 bridgehead atoms. The molecule has 0 spiro atoms. The topological polar surface area (TPSA) is 49.7 Å². The third kappa shape index (κ3) is 2.13. The van der Waals surface area contributed by atoms with Gasteiger partial charge in [-0.3, -0.25) is 0 Å². The van der Waals surface area contributed by atoms with E-state index >= 15 is 0 Å². The fraction of sp³-hybridized carbons (Fsp3) is 0.167. The zero-order chi connectivity index (χ0) is 10.7. The quantitative estimate of drug-likeness (QED) is 0.747. The predicted molar refractivity (Wildman–Crippen MR) is 58.5 cm³/mol. The number of rotatable bonds is 2. The van der Waals surface area contributed by atoms with Crippen LogP contribution in [0.4, 0.5) is 0 Å². The Morgan fingerprint density at radius 3 is 2.53 bits per heavy atom. The number of aromatic hydroxyl groups is 1. The standard InChI is InChI=1S/C12H11NO2/c14-12-7-3-10(4-8-12)9-1-5-11(13-15)6-2-9/h1,3-9,14H,2H2. The van der Waals surface area contributed by atoms with E-state index in [9.17, 15) is 4.91 Å². The van der Waals surface area contributed by atoms with Crippen LogP contribution in [0.2, 0.25) is 0 Å². The van der Waals surface area contributed by atoms with Gasteiger partial charge in [0.2, 0.25) is 0 Å². The minimum absolute atomic E-state index is 0.268. The minimum atomic E-state index is 0.268. The van der Waals surface area contributed by atoms with Crippen molar-refractivity contribution in [2.45, 2.75) is 12.3 Å². The monoisotopic (exact) mass is 201 g/mol. The van der Waals surface area contributed by atoms with E-state index < -0.39 is 0 Å². The average molecular weight is 201 g/mol. The molecule has 1 aliphatic rings. The molecule has 3 heteroatoms. The molecule has 0 amide bonds. The lowest BCUT2D eigenvalue weighted by molar-refractivity contribution is 0.475. The molecule has 0 saturated carbocycles. The van der Waals surface area contributed by atoms with Crippen LogP contribution in [0.1, 0.15) is 17.9 Å². The second-order valence-electron chi connectivity index (χ2n) is 3.51. The molecule has 1 N–H and O–H groups in total. The third-order valence-corrected chi connectivity index (χ3v) is 2.51. The van der Waals surface area contributed by atoms with Gasteiger partial charge in [0.15, 0.2) is 0 Å². The van der Waals surface area contributed by atoms with Crippen molar-refractivity contribution in [1.82, 2.24) is 0 Å². The van der Waals surface area contributed by atoms with Crippen LogP contribution >= 0.6 is 0 Å². The van der Waals surface area contributed by atoms with Gasteiger partial charge in [-0.2, -0.15) is 0 Å². The predicted octanol–water partition coefficient (Wildman–Crippen LogP) is 3.09. The van der Waals surface area contributed by atoms with Gasteiger partial charge in [-0.1, -0.05) is 24.3 Å². The van der Waals surface area contributed by atoms with Crippen molar-refractivity contribution in [2.24, 2.45) is 5.18 Å². The smallest absolute Gasteiger partial charge is 0.115 e. The van der Waals surface area contributed by atoms with Crippen LogP contribution < -0.4 is 0 Å². The molecule has 0 saturated heterocycles. The van der Waals surface area contributed by atoms with Gasteiger partial charge in [-0.15, -0.1) is 4.91 Å². The number of hydrogen-bond donors (Lipinski definition) is 1. The van der Waals surface area contributed by atoms with Crippen LogP contribution in [0, 0.1) is 4.91 Å². The summed E-state index contributed by atoms with van der Waals surface area (Å²) in [5.41, 5.74) is 1.62. The number of allylic oxidation sites excluding steroid dienone is 3. The van der Waals surface area contributed by atoms with Crippen molar-refractivity contribution in [3.63, 3.8) is 0 Å². The zero-order valence-corrected chi connectivity index (χ0v) is 8.13. The summed E-state index contributed by atoms with van der Waals surface area (Å²) in [6.07, 6.45) is 6.30. The van der Waals surface area contributed by atoms with E-state index in [0.717, 1.165) is 12.0 Å². The summed E-state index contributed by atoms with van der Waals surface area (Å²) in [6, 6.07) is 7.11. The summed E-state index contributed by atoms with van der Waals surface area (Å²) in [4.78, 5) is 10.2. The number of phenolic OH excluding ortho intramolecular Hbond substituents is 1.